The maximum atomic E-state index is 13.6. The zero-order chi connectivity index (χ0) is 14.7. The normalized spacial score (nSPS) is 12.2. The molecule has 2 N–H and O–H groups in total. The molecule has 0 spiro atoms. The number of tetrazole rings is 1. The van der Waals surface area contributed by atoms with E-state index in [1.807, 2.05) is 0 Å². The van der Waals surface area contributed by atoms with Gasteiger partial charge in [0.1, 0.15) is 10.8 Å². The minimum Gasteiger partial charge on any atom is -0.351 e. The van der Waals surface area contributed by atoms with Crippen LogP contribution in [0.1, 0.15) is 29.0 Å². The van der Waals surface area contributed by atoms with Crippen LogP contribution in [0.3, 0.4) is 0 Å². The predicted molar refractivity (Wildman–Crippen MR) is 66.3 cm³/mol. The van der Waals surface area contributed by atoms with Crippen molar-refractivity contribution in [2.24, 2.45) is 0 Å². The zero-order valence-electron chi connectivity index (χ0n) is 10.3. The number of aromatic nitrogens is 4. The van der Waals surface area contributed by atoms with Gasteiger partial charge in [0.2, 0.25) is 0 Å². The number of carbonyl (C=O) groups excluding carboxylic acids is 1. The molecule has 2 rings (SSSR count). The Bertz CT molecular complexity index is 620. The summed E-state index contributed by atoms with van der Waals surface area (Å²) < 4.78 is 26.6. The van der Waals surface area contributed by atoms with Gasteiger partial charge in [0.15, 0.2) is 11.6 Å². The Morgan fingerprint density at radius 2 is 2.25 bits per heavy atom. The van der Waals surface area contributed by atoms with E-state index in [4.69, 9.17) is 11.6 Å². The fraction of sp³-hybridized carbons (Fsp3) is 0.273. The third-order valence-corrected chi connectivity index (χ3v) is 3.00. The lowest BCUT2D eigenvalue weighted by molar-refractivity contribution is 0.0947. The third kappa shape index (κ3) is 2.90. The van der Waals surface area contributed by atoms with Gasteiger partial charge in [-0.15, -0.1) is 10.2 Å². The van der Waals surface area contributed by atoms with Crippen molar-refractivity contribution in [1.29, 1.82) is 0 Å². The first-order valence-corrected chi connectivity index (χ1v) is 6.03. The molecule has 1 aromatic heterocycles. The molecule has 1 amide bonds. The van der Waals surface area contributed by atoms with Gasteiger partial charge in [0.05, 0.1) is 5.56 Å². The van der Waals surface area contributed by atoms with E-state index < -0.39 is 22.6 Å². The molecule has 0 saturated heterocycles. The van der Waals surface area contributed by atoms with Crippen LogP contribution in [0.25, 0.3) is 0 Å². The first-order chi connectivity index (χ1) is 9.50. The van der Waals surface area contributed by atoms with Crippen molar-refractivity contribution < 1.29 is 13.6 Å². The number of aromatic amines is 1. The maximum absolute atomic E-state index is 13.6. The highest BCUT2D eigenvalue weighted by Gasteiger charge is 2.18. The number of carbonyl (C=O) groups is 1. The summed E-state index contributed by atoms with van der Waals surface area (Å²) in [6, 6.07) is 1.97. The maximum Gasteiger partial charge on any atom is 0.254 e. The number of nitrogens with zero attached hydrogens (tertiary/aromatic N) is 3. The van der Waals surface area contributed by atoms with Gasteiger partial charge in [-0.05, 0) is 12.1 Å². The van der Waals surface area contributed by atoms with Gasteiger partial charge in [-0.25, -0.2) is 8.78 Å². The summed E-state index contributed by atoms with van der Waals surface area (Å²) in [7, 11) is 0. The summed E-state index contributed by atoms with van der Waals surface area (Å²) in [5.74, 6) is -2.49. The molecule has 1 atom stereocenters. The minimum absolute atomic E-state index is 0.173. The molecule has 0 aliphatic rings. The second-order valence-electron chi connectivity index (χ2n) is 4.10. The third-order valence-electron chi connectivity index (χ3n) is 2.65. The lowest BCUT2D eigenvalue weighted by Crippen LogP contribution is -2.28. The van der Waals surface area contributed by atoms with Gasteiger partial charge in [-0.1, -0.05) is 23.7 Å². The van der Waals surface area contributed by atoms with Crippen LogP contribution < -0.4 is 5.32 Å². The number of H-pyrrole nitrogens is 1. The van der Waals surface area contributed by atoms with Crippen molar-refractivity contribution in [3.05, 3.63) is 40.2 Å². The number of halogens is 3. The second kappa shape index (κ2) is 5.91. The minimum atomic E-state index is -1.09. The Kier molecular flexibility index (Phi) is 4.23. The molecule has 0 aliphatic heterocycles. The first-order valence-electron chi connectivity index (χ1n) is 5.65. The van der Waals surface area contributed by atoms with Crippen LogP contribution in [0.5, 0.6) is 0 Å². The molecule has 2 aromatic rings. The van der Waals surface area contributed by atoms with E-state index in [1.165, 1.54) is 0 Å². The Hall–Kier alpha value is -2.09. The SMILES string of the molecule is C[C@@H](CNC(=O)c1ccc(F)c(Cl)c1F)c1nn[nH]n1. The predicted octanol–water partition coefficient (Wildman–Crippen LogP) is 1.66. The number of rotatable bonds is 4. The van der Waals surface area contributed by atoms with Crippen molar-refractivity contribution in [3.63, 3.8) is 0 Å². The van der Waals surface area contributed by atoms with Gasteiger partial charge in [0, 0.05) is 12.5 Å². The zero-order valence-corrected chi connectivity index (χ0v) is 11.1. The number of hydrogen-bond acceptors (Lipinski definition) is 4. The molecule has 9 heteroatoms. The molecule has 6 nitrogen and oxygen atoms in total. The molecular formula is C11H10ClF2N5O. The topological polar surface area (TPSA) is 83.6 Å². The lowest BCUT2D eigenvalue weighted by Gasteiger charge is -2.10. The molecule has 1 aromatic carbocycles. The number of hydrogen-bond donors (Lipinski definition) is 2. The van der Waals surface area contributed by atoms with E-state index in [-0.39, 0.29) is 18.0 Å². The van der Waals surface area contributed by atoms with Crippen molar-refractivity contribution >= 4 is 17.5 Å². The van der Waals surface area contributed by atoms with Crippen molar-refractivity contribution in [1.82, 2.24) is 25.9 Å². The Morgan fingerprint density at radius 1 is 1.50 bits per heavy atom. The van der Waals surface area contributed by atoms with Crippen LogP contribution in [0.4, 0.5) is 8.78 Å². The molecule has 0 fully saturated rings. The molecule has 0 radical (unpaired) electrons. The molecule has 0 bridgehead atoms. The number of amides is 1. The van der Waals surface area contributed by atoms with E-state index in [0.29, 0.717) is 5.82 Å². The summed E-state index contributed by atoms with van der Waals surface area (Å²) >= 11 is 5.41. The lowest BCUT2D eigenvalue weighted by atomic mass is 10.1. The van der Waals surface area contributed by atoms with E-state index in [9.17, 15) is 13.6 Å². The molecular weight excluding hydrogens is 292 g/mol. The van der Waals surface area contributed by atoms with E-state index in [2.05, 4.69) is 25.9 Å². The van der Waals surface area contributed by atoms with E-state index >= 15 is 0 Å². The fourth-order valence-corrected chi connectivity index (χ4v) is 1.68. The Labute approximate surface area is 117 Å². The van der Waals surface area contributed by atoms with E-state index in [1.54, 1.807) is 6.92 Å². The summed E-state index contributed by atoms with van der Waals surface area (Å²) in [6.45, 7) is 1.94. The van der Waals surface area contributed by atoms with Crippen LogP contribution in [-0.4, -0.2) is 33.1 Å². The summed E-state index contributed by atoms with van der Waals surface area (Å²) in [6.07, 6.45) is 0. The Morgan fingerprint density at radius 3 is 2.90 bits per heavy atom. The summed E-state index contributed by atoms with van der Waals surface area (Å²) in [5.41, 5.74) is -0.322. The smallest absolute Gasteiger partial charge is 0.254 e. The van der Waals surface area contributed by atoms with Crippen molar-refractivity contribution in [2.45, 2.75) is 12.8 Å². The quantitative estimate of drug-likeness (QED) is 0.841. The van der Waals surface area contributed by atoms with Crippen LogP contribution in [-0.2, 0) is 0 Å². The highest BCUT2D eigenvalue weighted by Crippen LogP contribution is 2.21. The highest BCUT2D eigenvalue weighted by atomic mass is 35.5. The molecule has 106 valence electrons. The highest BCUT2D eigenvalue weighted by molar-refractivity contribution is 6.31. The molecule has 0 unspecified atom stereocenters. The van der Waals surface area contributed by atoms with Crippen molar-refractivity contribution in [3.8, 4) is 0 Å². The van der Waals surface area contributed by atoms with Gasteiger partial charge >= 0.3 is 0 Å². The molecule has 20 heavy (non-hydrogen) atoms. The van der Waals surface area contributed by atoms with Gasteiger partial charge in [0.25, 0.3) is 5.91 Å². The van der Waals surface area contributed by atoms with Gasteiger partial charge in [-0.2, -0.15) is 5.21 Å². The second-order valence-corrected chi connectivity index (χ2v) is 4.48. The largest absolute Gasteiger partial charge is 0.351 e. The van der Waals surface area contributed by atoms with E-state index in [0.717, 1.165) is 12.1 Å². The number of nitrogens with one attached hydrogen (secondary N) is 2. The monoisotopic (exact) mass is 301 g/mol. The van der Waals surface area contributed by atoms with Crippen molar-refractivity contribution in [2.75, 3.05) is 6.54 Å². The number of benzene rings is 1. The van der Waals surface area contributed by atoms with Crippen LogP contribution in [0.15, 0.2) is 12.1 Å². The van der Waals surface area contributed by atoms with Gasteiger partial charge in [-0.3, -0.25) is 4.79 Å². The molecule has 0 saturated carbocycles. The van der Waals surface area contributed by atoms with Crippen LogP contribution in [0.2, 0.25) is 5.02 Å². The average molecular weight is 302 g/mol. The summed E-state index contributed by atoms with van der Waals surface area (Å²) in [5, 5.41) is 15.0. The Balaban J connectivity index is 2.04. The standard InChI is InChI=1S/C11H10ClF2N5O/c1-5(10-16-18-19-17-10)4-15-11(20)6-2-3-7(13)8(12)9(6)14/h2-3,5H,4H2,1H3,(H,15,20)(H,16,17,18,19)/t5-/m0/s1. The molecule has 1 heterocycles. The van der Waals surface area contributed by atoms with Crippen LogP contribution in [0, 0.1) is 11.6 Å². The van der Waals surface area contributed by atoms with Crippen LogP contribution >= 0.6 is 11.6 Å². The fourth-order valence-electron chi connectivity index (χ4n) is 1.51. The van der Waals surface area contributed by atoms with Gasteiger partial charge < -0.3 is 5.32 Å². The summed E-state index contributed by atoms with van der Waals surface area (Å²) in [4.78, 5) is 11.8. The molecule has 0 aliphatic carbocycles. The average Bonchev–Trinajstić information content (AvgIpc) is 2.96. The first kappa shape index (κ1) is 14.3.